The first-order chi connectivity index (χ1) is 25.5. The summed E-state index contributed by atoms with van der Waals surface area (Å²) in [7, 11) is 0. The first kappa shape index (κ1) is 41.8. The average Bonchev–Trinajstić information content (AvgIpc) is 3.50. The Balaban J connectivity index is 1.58. The molecular formula is C33H37ClN8O12. The predicted molar refractivity (Wildman–Crippen MR) is 190 cm³/mol. The van der Waals surface area contributed by atoms with Crippen LogP contribution in [0.4, 0.5) is 11.6 Å². The van der Waals surface area contributed by atoms with Crippen molar-refractivity contribution >= 4 is 75.9 Å². The second-order valence-corrected chi connectivity index (χ2v) is 12.2. The van der Waals surface area contributed by atoms with Gasteiger partial charge in [0, 0.05) is 37.7 Å². The quantitative estimate of drug-likeness (QED) is 0.0652. The standard InChI is InChI=1S/C33H37ClN8O12/c1-2-12-42(13-11-16-15-36-27-26(16)29(48)41-33(35)40-27)17-3-4-18(19(34)14-17)28(47)39-22(32(53)54)6-9-24(44)37-20(30(49)50)5-8-23(43)38-21(31(51)52)7-10-25(45)46/h1,3-4,14-15,20-22H,5-13H2,(H,37,44)(H,38,43)(H,39,47)(H,45,46)(H,49,50)(H,51,52)(H,53,54)(H4,35,36,40,41,48)/t20-,21-,22-/m0/s1. The summed E-state index contributed by atoms with van der Waals surface area (Å²) >= 11 is 6.43. The second-order valence-electron chi connectivity index (χ2n) is 11.8. The number of nitrogens with zero attached hydrogens (tertiary/aromatic N) is 3. The number of nitrogens with two attached hydrogens (primary N) is 1. The van der Waals surface area contributed by atoms with Crippen LogP contribution in [0.1, 0.15) is 54.4 Å². The number of amides is 3. The van der Waals surface area contributed by atoms with Gasteiger partial charge in [0.1, 0.15) is 23.8 Å². The number of nitrogen functional groups attached to an aromatic ring is 1. The number of carbonyl (C=O) groups is 7. The molecule has 3 rings (SSSR count). The minimum atomic E-state index is -1.61. The number of carbonyl (C=O) groups excluding carboxylic acids is 3. The summed E-state index contributed by atoms with van der Waals surface area (Å²) in [6.45, 7) is 0.472. The molecule has 0 unspecified atom stereocenters. The summed E-state index contributed by atoms with van der Waals surface area (Å²) in [5.41, 5.74) is 7.06. The molecule has 0 spiro atoms. The molecule has 21 heteroatoms. The Labute approximate surface area is 311 Å². The number of carboxylic acid groups (broad SMARTS) is 4. The molecule has 54 heavy (non-hydrogen) atoms. The number of nitrogens with one attached hydrogen (secondary N) is 4. The fraction of sp³-hybridized carbons (Fsp3) is 0.364. The van der Waals surface area contributed by atoms with E-state index in [1.165, 1.54) is 12.1 Å². The maximum absolute atomic E-state index is 13.1. The van der Waals surface area contributed by atoms with Crippen molar-refractivity contribution in [2.45, 2.75) is 63.1 Å². The first-order valence-electron chi connectivity index (χ1n) is 16.1. The van der Waals surface area contributed by atoms with Crippen LogP contribution in [0.2, 0.25) is 5.02 Å². The summed E-state index contributed by atoms with van der Waals surface area (Å²) < 4.78 is 0. The molecule has 288 valence electrons. The molecule has 20 nitrogen and oxygen atoms in total. The zero-order valence-electron chi connectivity index (χ0n) is 28.4. The number of hydrogen-bond acceptors (Lipinski definition) is 12. The van der Waals surface area contributed by atoms with Gasteiger partial charge < -0.3 is 57.1 Å². The number of aromatic amines is 1. The third-order valence-electron chi connectivity index (χ3n) is 7.94. The molecule has 1 aromatic carbocycles. The zero-order valence-corrected chi connectivity index (χ0v) is 29.1. The third-order valence-corrected chi connectivity index (χ3v) is 8.26. The van der Waals surface area contributed by atoms with Gasteiger partial charge in [-0.25, -0.2) is 14.4 Å². The molecule has 0 aliphatic carbocycles. The highest BCUT2D eigenvalue weighted by Crippen LogP contribution is 2.28. The Morgan fingerprint density at radius 1 is 0.870 bits per heavy atom. The Morgan fingerprint density at radius 2 is 1.43 bits per heavy atom. The van der Waals surface area contributed by atoms with Gasteiger partial charge in [0.15, 0.2) is 0 Å². The van der Waals surface area contributed by atoms with Crippen molar-refractivity contribution in [2.75, 3.05) is 23.7 Å². The van der Waals surface area contributed by atoms with Gasteiger partial charge in [-0.05, 0) is 49.4 Å². The SMILES string of the molecule is C#CCN(CCc1c[nH]c2nc(N)nc(O)c12)c1ccc(C(=O)N[C@@H](CCC(=O)N[C@@H](CCC(=O)N[C@@H](CCC(=O)O)C(=O)O)C(=O)O)C(=O)O)c(Cl)c1. The molecule has 2 aromatic heterocycles. The maximum Gasteiger partial charge on any atom is 0.326 e. The number of H-pyrrole nitrogens is 1. The smallest absolute Gasteiger partial charge is 0.326 e. The van der Waals surface area contributed by atoms with Gasteiger partial charge >= 0.3 is 23.9 Å². The number of terminal acetylenes is 1. The molecular weight excluding hydrogens is 736 g/mol. The largest absolute Gasteiger partial charge is 0.493 e. The lowest BCUT2D eigenvalue weighted by molar-refractivity contribution is -0.144. The van der Waals surface area contributed by atoms with Crippen LogP contribution in [0.5, 0.6) is 5.88 Å². The van der Waals surface area contributed by atoms with Crippen LogP contribution in [0.15, 0.2) is 24.4 Å². The van der Waals surface area contributed by atoms with Crippen LogP contribution < -0.4 is 26.6 Å². The zero-order chi connectivity index (χ0) is 40.1. The first-order valence-corrected chi connectivity index (χ1v) is 16.5. The van der Waals surface area contributed by atoms with Gasteiger partial charge in [-0.2, -0.15) is 9.97 Å². The minimum absolute atomic E-state index is 0.0487. The number of anilines is 2. The summed E-state index contributed by atoms with van der Waals surface area (Å²) in [4.78, 5) is 96.0. The van der Waals surface area contributed by atoms with Gasteiger partial charge in [0.05, 0.1) is 22.5 Å². The summed E-state index contributed by atoms with van der Waals surface area (Å²) in [6, 6.07) is -0.384. The highest BCUT2D eigenvalue weighted by molar-refractivity contribution is 6.34. The Morgan fingerprint density at radius 3 is 1.94 bits per heavy atom. The number of aromatic nitrogens is 3. The lowest BCUT2D eigenvalue weighted by Gasteiger charge is -2.23. The Hall–Kier alpha value is -6.62. The number of carboxylic acids is 4. The Kier molecular flexibility index (Phi) is 14.9. The van der Waals surface area contributed by atoms with E-state index in [-0.39, 0.29) is 29.0 Å². The van der Waals surface area contributed by atoms with E-state index in [1.54, 1.807) is 17.2 Å². The minimum Gasteiger partial charge on any atom is -0.493 e. The Bertz CT molecular complexity index is 1960. The van der Waals surface area contributed by atoms with Crippen molar-refractivity contribution in [3.8, 4) is 18.2 Å². The average molecular weight is 773 g/mol. The van der Waals surface area contributed by atoms with Crippen LogP contribution in [-0.4, -0.2) is 113 Å². The molecule has 0 radical (unpaired) electrons. The van der Waals surface area contributed by atoms with Crippen molar-refractivity contribution in [1.29, 1.82) is 0 Å². The topological polar surface area (TPSA) is 328 Å². The van der Waals surface area contributed by atoms with Gasteiger partial charge in [-0.15, -0.1) is 6.42 Å². The highest BCUT2D eigenvalue weighted by atomic mass is 35.5. The van der Waals surface area contributed by atoms with E-state index in [0.717, 1.165) is 0 Å². The van der Waals surface area contributed by atoms with Crippen LogP contribution in [0, 0.1) is 12.3 Å². The monoisotopic (exact) mass is 772 g/mol. The van der Waals surface area contributed by atoms with E-state index >= 15 is 0 Å². The molecule has 3 aromatic rings. The molecule has 11 N–H and O–H groups in total. The third kappa shape index (κ3) is 12.0. The lowest BCUT2D eigenvalue weighted by Crippen LogP contribution is -2.45. The molecule has 0 saturated heterocycles. The van der Waals surface area contributed by atoms with E-state index in [2.05, 4.69) is 36.8 Å². The van der Waals surface area contributed by atoms with E-state index < -0.39 is 98.2 Å². The van der Waals surface area contributed by atoms with Crippen LogP contribution in [-0.2, 0) is 35.2 Å². The molecule has 0 aliphatic rings. The summed E-state index contributed by atoms with van der Waals surface area (Å²) in [5, 5.41) is 54.3. The number of aliphatic carboxylic acids is 4. The number of fused-ring (bicyclic) bond motifs is 1. The maximum atomic E-state index is 13.1. The number of rotatable bonds is 21. The van der Waals surface area contributed by atoms with Crippen molar-refractivity contribution in [1.82, 2.24) is 30.9 Å². The van der Waals surface area contributed by atoms with Crippen LogP contribution >= 0.6 is 11.6 Å². The summed E-state index contributed by atoms with van der Waals surface area (Å²) in [5.74, 6) is -6.34. The van der Waals surface area contributed by atoms with E-state index in [1.807, 2.05) is 0 Å². The normalized spacial score (nSPS) is 12.4. The van der Waals surface area contributed by atoms with Crippen molar-refractivity contribution in [2.24, 2.45) is 0 Å². The van der Waals surface area contributed by atoms with E-state index in [4.69, 9.17) is 28.9 Å². The molecule has 0 fully saturated rings. The van der Waals surface area contributed by atoms with Crippen LogP contribution in [0.3, 0.4) is 0 Å². The van der Waals surface area contributed by atoms with Gasteiger partial charge in [0.25, 0.3) is 5.91 Å². The number of aromatic hydroxyl groups is 1. The van der Waals surface area contributed by atoms with Gasteiger partial charge in [-0.3, -0.25) is 19.2 Å². The van der Waals surface area contributed by atoms with E-state index in [9.17, 15) is 54.0 Å². The molecule has 3 atom stereocenters. The second kappa shape index (κ2) is 19.3. The number of halogens is 1. The predicted octanol–water partition coefficient (Wildman–Crippen LogP) is 0.328. The molecule has 3 amide bonds. The van der Waals surface area contributed by atoms with Gasteiger partial charge in [-0.1, -0.05) is 17.5 Å². The van der Waals surface area contributed by atoms with Crippen molar-refractivity contribution in [3.63, 3.8) is 0 Å². The highest BCUT2D eigenvalue weighted by Gasteiger charge is 2.27. The number of hydrogen-bond donors (Lipinski definition) is 10. The molecule has 0 saturated carbocycles. The van der Waals surface area contributed by atoms with Gasteiger partial charge in [0.2, 0.25) is 23.6 Å². The molecule has 0 bridgehead atoms. The van der Waals surface area contributed by atoms with Crippen LogP contribution in [0.25, 0.3) is 11.0 Å². The molecule has 2 heterocycles. The molecule has 0 aliphatic heterocycles. The summed E-state index contributed by atoms with van der Waals surface area (Å²) in [6.07, 6.45) is 4.63. The lowest BCUT2D eigenvalue weighted by atomic mass is 10.1. The fourth-order valence-electron chi connectivity index (χ4n) is 5.20. The van der Waals surface area contributed by atoms with E-state index in [0.29, 0.717) is 35.2 Å². The fourth-order valence-corrected chi connectivity index (χ4v) is 5.46. The van der Waals surface area contributed by atoms with Crippen molar-refractivity contribution < 1.29 is 59.1 Å². The number of benzene rings is 1. The van der Waals surface area contributed by atoms with Crippen molar-refractivity contribution in [3.05, 3.63) is 40.5 Å².